The lowest BCUT2D eigenvalue weighted by Gasteiger charge is -2.21. The summed E-state index contributed by atoms with van der Waals surface area (Å²) in [6, 6.07) is 16.8. The van der Waals surface area contributed by atoms with Gasteiger partial charge < -0.3 is 10.6 Å². The van der Waals surface area contributed by atoms with E-state index in [4.69, 9.17) is 0 Å². The number of halogens is 3. The highest BCUT2D eigenvalue weighted by Gasteiger charge is 2.35. The molecule has 3 nitrogen and oxygen atoms in total. The van der Waals surface area contributed by atoms with Crippen molar-refractivity contribution >= 4 is 5.91 Å². The van der Waals surface area contributed by atoms with Crippen molar-refractivity contribution in [3.05, 3.63) is 83.6 Å². The lowest BCUT2D eigenvalue weighted by Crippen LogP contribution is -2.32. The van der Waals surface area contributed by atoms with Crippen molar-refractivity contribution in [3.8, 4) is 0 Å². The summed E-state index contributed by atoms with van der Waals surface area (Å²) in [6.45, 7) is 3.33. The highest BCUT2D eigenvalue weighted by molar-refractivity contribution is 5.88. The first-order valence-electron chi connectivity index (χ1n) is 8.23. The maximum absolute atomic E-state index is 13.3. The Morgan fingerprint density at radius 3 is 1.69 bits per heavy atom. The molecule has 2 aromatic rings. The van der Waals surface area contributed by atoms with Crippen LogP contribution in [0.15, 0.2) is 72.4 Å². The van der Waals surface area contributed by atoms with Crippen LogP contribution < -0.4 is 10.6 Å². The van der Waals surface area contributed by atoms with E-state index in [1.54, 1.807) is 68.4 Å². The van der Waals surface area contributed by atoms with Gasteiger partial charge >= 0.3 is 6.18 Å². The van der Waals surface area contributed by atoms with Crippen LogP contribution in [0.4, 0.5) is 13.2 Å². The van der Waals surface area contributed by atoms with Crippen molar-refractivity contribution in [3.63, 3.8) is 0 Å². The SMILES string of the molecule is C[C@H](NC(=O)/C=C(\N[C@@H](C)c1ccccc1)C(F)(F)F)c1ccccc1. The van der Waals surface area contributed by atoms with E-state index in [0.717, 1.165) is 5.56 Å². The number of nitrogens with one attached hydrogen (secondary N) is 2. The average Bonchev–Trinajstić information content (AvgIpc) is 2.61. The van der Waals surface area contributed by atoms with Gasteiger partial charge in [-0.2, -0.15) is 13.2 Å². The molecule has 0 spiro atoms. The summed E-state index contributed by atoms with van der Waals surface area (Å²) in [5.41, 5.74) is 0.431. The van der Waals surface area contributed by atoms with Gasteiger partial charge in [-0.05, 0) is 25.0 Å². The molecule has 138 valence electrons. The highest BCUT2D eigenvalue weighted by Crippen LogP contribution is 2.26. The molecule has 0 bridgehead atoms. The van der Waals surface area contributed by atoms with Crippen molar-refractivity contribution in [2.45, 2.75) is 32.1 Å². The summed E-state index contributed by atoms with van der Waals surface area (Å²) in [6.07, 6.45) is -4.09. The highest BCUT2D eigenvalue weighted by atomic mass is 19.4. The molecule has 2 rings (SSSR count). The second kappa shape index (κ2) is 8.56. The molecule has 6 heteroatoms. The van der Waals surface area contributed by atoms with Crippen molar-refractivity contribution in [2.75, 3.05) is 0 Å². The number of hydrogen-bond donors (Lipinski definition) is 2. The maximum atomic E-state index is 13.3. The fourth-order valence-electron chi connectivity index (χ4n) is 2.47. The lowest BCUT2D eigenvalue weighted by atomic mass is 10.1. The lowest BCUT2D eigenvalue weighted by molar-refractivity contribution is -0.119. The van der Waals surface area contributed by atoms with Gasteiger partial charge in [-0.3, -0.25) is 4.79 Å². The Kier molecular flexibility index (Phi) is 6.44. The third kappa shape index (κ3) is 5.65. The number of carbonyl (C=O) groups is 1. The first kappa shape index (κ1) is 19.6. The van der Waals surface area contributed by atoms with Gasteiger partial charge in [0.25, 0.3) is 0 Å². The van der Waals surface area contributed by atoms with E-state index in [1.807, 2.05) is 6.07 Å². The molecule has 0 aliphatic heterocycles. The molecule has 0 unspecified atom stereocenters. The number of rotatable bonds is 6. The van der Waals surface area contributed by atoms with E-state index in [1.165, 1.54) is 0 Å². The van der Waals surface area contributed by atoms with E-state index < -0.39 is 29.9 Å². The van der Waals surface area contributed by atoms with Gasteiger partial charge in [-0.25, -0.2) is 0 Å². The minimum absolute atomic E-state index is 0.402. The number of hydrogen-bond acceptors (Lipinski definition) is 2. The summed E-state index contributed by atoms with van der Waals surface area (Å²) in [7, 11) is 0. The Labute approximate surface area is 150 Å². The zero-order valence-electron chi connectivity index (χ0n) is 14.5. The second-order valence-corrected chi connectivity index (χ2v) is 5.97. The molecule has 2 N–H and O–H groups in total. The molecule has 0 aromatic heterocycles. The third-order valence-corrected chi connectivity index (χ3v) is 3.91. The van der Waals surface area contributed by atoms with Crippen molar-refractivity contribution in [2.24, 2.45) is 0 Å². The van der Waals surface area contributed by atoms with Crippen molar-refractivity contribution in [1.29, 1.82) is 0 Å². The van der Waals surface area contributed by atoms with E-state index in [0.29, 0.717) is 11.6 Å². The molecule has 0 aliphatic rings. The van der Waals surface area contributed by atoms with Crippen LogP contribution in [-0.2, 0) is 4.79 Å². The number of alkyl halides is 3. The second-order valence-electron chi connectivity index (χ2n) is 5.97. The van der Waals surface area contributed by atoms with Crippen LogP contribution in [0.25, 0.3) is 0 Å². The number of amides is 1. The molecule has 0 saturated carbocycles. The minimum Gasteiger partial charge on any atom is -0.374 e. The molecule has 26 heavy (non-hydrogen) atoms. The summed E-state index contributed by atoms with van der Waals surface area (Å²) < 4.78 is 39.9. The van der Waals surface area contributed by atoms with Gasteiger partial charge in [0.2, 0.25) is 5.91 Å². The first-order valence-corrected chi connectivity index (χ1v) is 8.23. The van der Waals surface area contributed by atoms with Gasteiger partial charge in [0.15, 0.2) is 0 Å². The van der Waals surface area contributed by atoms with E-state index >= 15 is 0 Å². The van der Waals surface area contributed by atoms with E-state index in [2.05, 4.69) is 10.6 Å². The topological polar surface area (TPSA) is 41.1 Å². The van der Waals surface area contributed by atoms with Crippen LogP contribution in [0, 0.1) is 0 Å². The number of allylic oxidation sites excluding steroid dienone is 1. The summed E-state index contributed by atoms with van der Waals surface area (Å²) in [4.78, 5) is 12.1. The van der Waals surface area contributed by atoms with Gasteiger partial charge in [0.1, 0.15) is 5.70 Å². The predicted molar refractivity (Wildman–Crippen MR) is 95.1 cm³/mol. The Hall–Kier alpha value is -2.76. The van der Waals surface area contributed by atoms with Gasteiger partial charge in [-0.1, -0.05) is 60.7 Å². The zero-order valence-corrected chi connectivity index (χ0v) is 14.5. The monoisotopic (exact) mass is 362 g/mol. The molecule has 0 saturated heterocycles. The smallest absolute Gasteiger partial charge is 0.374 e. The fourth-order valence-corrected chi connectivity index (χ4v) is 2.47. The molecule has 0 radical (unpaired) electrons. The molecule has 0 heterocycles. The maximum Gasteiger partial charge on any atom is 0.431 e. The fraction of sp³-hybridized carbons (Fsp3) is 0.250. The van der Waals surface area contributed by atoms with Crippen molar-refractivity contribution < 1.29 is 18.0 Å². The molecule has 0 fully saturated rings. The van der Waals surface area contributed by atoms with Crippen LogP contribution in [0.1, 0.15) is 37.1 Å². The Morgan fingerprint density at radius 2 is 1.27 bits per heavy atom. The van der Waals surface area contributed by atoms with Gasteiger partial charge in [0, 0.05) is 12.1 Å². The van der Waals surface area contributed by atoms with E-state index in [9.17, 15) is 18.0 Å². The quantitative estimate of drug-likeness (QED) is 0.734. The minimum atomic E-state index is -4.66. The third-order valence-electron chi connectivity index (χ3n) is 3.91. The van der Waals surface area contributed by atoms with Crippen LogP contribution in [-0.4, -0.2) is 12.1 Å². The Morgan fingerprint density at radius 1 is 0.846 bits per heavy atom. The van der Waals surface area contributed by atoms with Crippen LogP contribution in [0.5, 0.6) is 0 Å². The number of carbonyl (C=O) groups excluding carboxylic acids is 1. The Balaban J connectivity index is 2.11. The van der Waals surface area contributed by atoms with Gasteiger partial charge in [-0.15, -0.1) is 0 Å². The summed E-state index contributed by atoms with van der Waals surface area (Å²) in [5, 5.41) is 4.95. The normalized spacial score (nSPS) is 14.4. The van der Waals surface area contributed by atoms with Crippen LogP contribution in [0.2, 0.25) is 0 Å². The standard InChI is InChI=1S/C20H21F3N2O/c1-14(16-9-5-3-6-10-16)24-18(20(21,22)23)13-19(26)25-15(2)17-11-7-4-8-12-17/h3-15,24H,1-2H3,(H,25,26)/b18-13-/t14-,15-/m0/s1. The van der Waals surface area contributed by atoms with Crippen molar-refractivity contribution in [1.82, 2.24) is 10.6 Å². The largest absolute Gasteiger partial charge is 0.431 e. The molecular weight excluding hydrogens is 341 g/mol. The molecule has 0 aliphatic carbocycles. The summed E-state index contributed by atoms with van der Waals surface area (Å²) in [5.74, 6) is -0.804. The summed E-state index contributed by atoms with van der Waals surface area (Å²) >= 11 is 0. The molecule has 1 amide bonds. The average molecular weight is 362 g/mol. The molecule has 2 aromatic carbocycles. The first-order chi connectivity index (χ1) is 12.3. The molecule has 2 atom stereocenters. The Bertz CT molecular complexity index is 743. The van der Waals surface area contributed by atoms with E-state index in [-0.39, 0.29) is 0 Å². The predicted octanol–water partition coefficient (Wildman–Crippen LogP) is 4.66. The zero-order chi connectivity index (χ0) is 19.2. The number of benzene rings is 2. The van der Waals surface area contributed by atoms with Crippen LogP contribution in [0.3, 0.4) is 0 Å². The van der Waals surface area contributed by atoms with Crippen LogP contribution >= 0.6 is 0 Å². The molecular formula is C20H21F3N2O. The van der Waals surface area contributed by atoms with Gasteiger partial charge in [0.05, 0.1) is 6.04 Å².